The summed E-state index contributed by atoms with van der Waals surface area (Å²) >= 11 is 0. The second kappa shape index (κ2) is 7.25. The molecule has 0 fully saturated rings. The number of hydrogen-bond acceptors (Lipinski definition) is 3. The maximum atomic E-state index is 11.7. The average molecular weight is 230 g/mol. The van der Waals surface area contributed by atoms with Crippen LogP contribution < -0.4 is 0 Å². The molecule has 0 aromatic heterocycles. The fourth-order valence-corrected chi connectivity index (χ4v) is 1.30. The van der Waals surface area contributed by atoms with Gasteiger partial charge in [0.15, 0.2) is 5.41 Å². The molecule has 0 saturated heterocycles. The Morgan fingerprint density at radius 1 is 1.19 bits per heavy atom. The van der Waals surface area contributed by atoms with Crippen LogP contribution in [0.1, 0.15) is 52.9 Å². The summed E-state index contributed by atoms with van der Waals surface area (Å²) in [5, 5.41) is 9.09. The van der Waals surface area contributed by atoms with E-state index in [4.69, 9.17) is 9.84 Å². The monoisotopic (exact) mass is 230 g/mol. The summed E-state index contributed by atoms with van der Waals surface area (Å²) in [6, 6.07) is 0. The number of aliphatic carboxylic acids is 1. The standard InChI is InChI=1S/C12H22O4/c1-4-6-8-12(3,10(13)14)11(15)16-9-7-5-2/h4-9H2,1-3H3,(H,13,14). The van der Waals surface area contributed by atoms with E-state index in [1.165, 1.54) is 6.92 Å². The lowest BCUT2D eigenvalue weighted by atomic mass is 9.85. The zero-order valence-corrected chi connectivity index (χ0v) is 10.4. The fourth-order valence-electron chi connectivity index (χ4n) is 1.30. The Hall–Kier alpha value is -1.06. The quantitative estimate of drug-likeness (QED) is 0.395. The maximum Gasteiger partial charge on any atom is 0.323 e. The summed E-state index contributed by atoms with van der Waals surface area (Å²) in [5.74, 6) is -1.70. The van der Waals surface area contributed by atoms with E-state index < -0.39 is 17.4 Å². The van der Waals surface area contributed by atoms with Gasteiger partial charge in [-0.25, -0.2) is 0 Å². The van der Waals surface area contributed by atoms with Crippen LogP contribution in [0.4, 0.5) is 0 Å². The number of carbonyl (C=O) groups excluding carboxylic acids is 1. The molecule has 0 bridgehead atoms. The third kappa shape index (κ3) is 4.21. The lowest BCUT2D eigenvalue weighted by Crippen LogP contribution is -2.38. The first-order chi connectivity index (χ1) is 7.49. The lowest BCUT2D eigenvalue weighted by Gasteiger charge is -2.22. The molecule has 1 atom stereocenters. The van der Waals surface area contributed by atoms with Crippen molar-refractivity contribution in [3.05, 3.63) is 0 Å². The highest BCUT2D eigenvalue weighted by molar-refractivity contribution is 5.98. The smallest absolute Gasteiger partial charge is 0.323 e. The van der Waals surface area contributed by atoms with Gasteiger partial charge in [0.25, 0.3) is 0 Å². The van der Waals surface area contributed by atoms with Crippen LogP contribution in [0.15, 0.2) is 0 Å². The first-order valence-electron chi connectivity index (χ1n) is 5.89. The summed E-state index contributed by atoms with van der Waals surface area (Å²) in [6.07, 6.45) is 3.61. The Bertz CT molecular complexity index is 237. The Morgan fingerprint density at radius 3 is 2.19 bits per heavy atom. The van der Waals surface area contributed by atoms with Crippen LogP contribution in [-0.4, -0.2) is 23.7 Å². The van der Waals surface area contributed by atoms with Crippen molar-refractivity contribution in [2.45, 2.75) is 52.9 Å². The van der Waals surface area contributed by atoms with E-state index in [2.05, 4.69) is 0 Å². The summed E-state index contributed by atoms with van der Waals surface area (Å²) in [4.78, 5) is 22.8. The molecule has 0 amide bonds. The van der Waals surface area contributed by atoms with Gasteiger partial charge in [0.2, 0.25) is 0 Å². The summed E-state index contributed by atoms with van der Waals surface area (Å²) in [7, 11) is 0. The van der Waals surface area contributed by atoms with Crippen LogP contribution in [-0.2, 0) is 14.3 Å². The first-order valence-corrected chi connectivity index (χ1v) is 5.89. The molecule has 0 aliphatic heterocycles. The Kier molecular flexibility index (Phi) is 6.77. The molecule has 4 heteroatoms. The van der Waals surface area contributed by atoms with Gasteiger partial charge < -0.3 is 9.84 Å². The van der Waals surface area contributed by atoms with Crippen LogP contribution in [0, 0.1) is 5.41 Å². The minimum Gasteiger partial charge on any atom is -0.480 e. The molecule has 0 heterocycles. The number of unbranched alkanes of at least 4 members (excludes halogenated alkanes) is 2. The van der Waals surface area contributed by atoms with Crippen LogP contribution in [0.2, 0.25) is 0 Å². The van der Waals surface area contributed by atoms with Gasteiger partial charge >= 0.3 is 11.9 Å². The number of hydrogen-bond donors (Lipinski definition) is 1. The van der Waals surface area contributed by atoms with Gasteiger partial charge in [-0.15, -0.1) is 0 Å². The molecule has 0 rings (SSSR count). The van der Waals surface area contributed by atoms with Crippen molar-refractivity contribution in [3.63, 3.8) is 0 Å². The van der Waals surface area contributed by atoms with E-state index in [0.717, 1.165) is 19.3 Å². The van der Waals surface area contributed by atoms with E-state index in [1.54, 1.807) is 0 Å². The second-order valence-corrected chi connectivity index (χ2v) is 4.23. The van der Waals surface area contributed by atoms with Crippen molar-refractivity contribution in [1.29, 1.82) is 0 Å². The lowest BCUT2D eigenvalue weighted by molar-refractivity contribution is -0.168. The molecular formula is C12H22O4. The molecule has 0 aliphatic rings. The fraction of sp³-hybridized carbons (Fsp3) is 0.833. The van der Waals surface area contributed by atoms with E-state index >= 15 is 0 Å². The minimum absolute atomic E-state index is 0.310. The van der Waals surface area contributed by atoms with Gasteiger partial charge in [0.1, 0.15) is 0 Å². The molecule has 94 valence electrons. The zero-order chi connectivity index (χ0) is 12.6. The first kappa shape index (κ1) is 14.9. The average Bonchev–Trinajstić information content (AvgIpc) is 2.25. The normalized spacial score (nSPS) is 14.2. The van der Waals surface area contributed by atoms with Crippen LogP contribution in [0.3, 0.4) is 0 Å². The Labute approximate surface area is 97.0 Å². The number of carbonyl (C=O) groups is 2. The van der Waals surface area contributed by atoms with E-state index in [9.17, 15) is 9.59 Å². The number of ether oxygens (including phenoxy) is 1. The van der Waals surface area contributed by atoms with Gasteiger partial charge in [-0.05, 0) is 19.8 Å². The van der Waals surface area contributed by atoms with Gasteiger partial charge in [-0.1, -0.05) is 33.1 Å². The third-order valence-corrected chi connectivity index (χ3v) is 2.68. The minimum atomic E-state index is -1.39. The van der Waals surface area contributed by atoms with Crippen molar-refractivity contribution in [2.24, 2.45) is 5.41 Å². The summed E-state index contributed by atoms with van der Waals surface area (Å²) < 4.78 is 4.99. The SMILES string of the molecule is CCCCOC(=O)C(C)(CCCC)C(=O)O. The maximum absolute atomic E-state index is 11.7. The molecule has 0 aromatic rings. The van der Waals surface area contributed by atoms with E-state index in [1.807, 2.05) is 13.8 Å². The predicted octanol–water partition coefficient (Wildman–Crippen LogP) is 2.61. The predicted molar refractivity (Wildman–Crippen MR) is 61.1 cm³/mol. The van der Waals surface area contributed by atoms with E-state index in [0.29, 0.717) is 19.4 Å². The topological polar surface area (TPSA) is 63.6 Å². The van der Waals surface area contributed by atoms with Crippen molar-refractivity contribution < 1.29 is 19.4 Å². The number of esters is 1. The molecule has 1 N–H and O–H groups in total. The van der Waals surface area contributed by atoms with Crippen LogP contribution >= 0.6 is 0 Å². The number of carboxylic acid groups (broad SMARTS) is 1. The third-order valence-electron chi connectivity index (χ3n) is 2.68. The van der Waals surface area contributed by atoms with Crippen molar-refractivity contribution in [2.75, 3.05) is 6.61 Å². The largest absolute Gasteiger partial charge is 0.480 e. The molecule has 16 heavy (non-hydrogen) atoms. The highest BCUT2D eigenvalue weighted by Gasteiger charge is 2.42. The molecule has 0 aromatic carbocycles. The highest BCUT2D eigenvalue weighted by Crippen LogP contribution is 2.26. The van der Waals surface area contributed by atoms with Crippen molar-refractivity contribution in [1.82, 2.24) is 0 Å². The van der Waals surface area contributed by atoms with Gasteiger partial charge in [0.05, 0.1) is 6.61 Å². The molecule has 4 nitrogen and oxygen atoms in total. The van der Waals surface area contributed by atoms with Gasteiger partial charge in [-0.3, -0.25) is 9.59 Å². The van der Waals surface area contributed by atoms with Crippen LogP contribution in [0.25, 0.3) is 0 Å². The molecule has 0 aliphatic carbocycles. The van der Waals surface area contributed by atoms with Crippen LogP contribution in [0.5, 0.6) is 0 Å². The van der Waals surface area contributed by atoms with Crippen molar-refractivity contribution >= 4 is 11.9 Å². The van der Waals surface area contributed by atoms with Crippen molar-refractivity contribution in [3.8, 4) is 0 Å². The van der Waals surface area contributed by atoms with Gasteiger partial charge in [-0.2, -0.15) is 0 Å². The highest BCUT2D eigenvalue weighted by atomic mass is 16.5. The molecule has 0 radical (unpaired) electrons. The summed E-state index contributed by atoms with van der Waals surface area (Å²) in [5.41, 5.74) is -1.39. The second-order valence-electron chi connectivity index (χ2n) is 4.23. The summed E-state index contributed by atoms with van der Waals surface area (Å²) in [6.45, 7) is 5.70. The van der Waals surface area contributed by atoms with Gasteiger partial charge in [0, 0.05) is 0 Å². The number of rotatable bonds is 8. The zero-order valence-electron chi connectivity index (χ0n) is 10.4. The Balaban J connectivity index is 4.39. The molecule has 0 saturated carbocycles. The Morgan fingerprint density at radius 2 is 1.75 bits per heavy atom. The molecular weight excluding hydrogens is 208 g/mol. The number of carboxylic acids is 1. The van der Waals surface area contributed by atoms with E-state index in [-0.39, 0.29) is 0 Å². The molecule has 0 spiro atoms. The molecule has 1 unspecified atom stereocenters.